The summed E-state index contributed by atoms with van der Waals surface area (Å²) in [5.41, 5.74) is 1.86. The first kappa shape index (κ1) is 16.6. The van der Waals surface area contributed by atoms with Crippen LogP contribution in [0, 0.1) is 13.8 Å². The van der Waals surface area contributed by atoms with Gasteiger partial charge in [0.25, 0.3) is 11.6 Å². The Balaban J connectivity index is 1.50. The fourth-order valence-corrected chi connectivity index (χ4v) is 3.58. The largest absolute Gasteiger partial charge is 0.432 e. The zero-order valence-corrected chi connectivity index (χ0v) is 14.9. The van der Waals surface area contributed by atoms with Crippen LogP contribution in [0.2, 0.25) is 0 Å². The van der Waals surface area contributed by atoms with E-state index in [1.54, 1.807) is 34.0 Å². The molecule has 1 N–H and O–H groups in total. The highest BCUT2D eigenvalue weighted by Crippen LogP contribution is 2.28. The maximum absolute atomic E-state index is 12.4. The van der Waals surface area contributed by atoms with Gasteiger partial charge in [0.15, 0.2) is 5.82 Å². The second-order valence-corrected chi connectivity index (χ2v) is 6.80. The van der Waals surface area contributed by atoms with Gasteiger partial charge in [-0.25, -0.2) is 14.3 Å². The molecule has 0 aliphatic heterocycles. The molecule has 1 fully saturated rings. The molecule has 0 bridgehead atoms. The lowest BCUT2D eigenvalue weighted by molar-refractivity contribution is 0.300. The van der Waals surface area contributed by atoms with Crippen molar-refractivity contribution in [2.75, 3.05) is 5.32 Å². The third-order valence-corrected chi connectivity index (χ3v) is 4.84. The Labute approximate surface area is 150 Å². The summed E-state index contributed by atoms with van der Waals surface area (Å²) < 4.78 is 8.64. The minimum atomic E-state index is -0.0700. The van der Waals surface area contributed by atoms with Gasteiger partial charge in [-0.1, -0.05) is 0 Å². The average Bonchev–Trinajstić information content (AvgIpc) is 3.25. The number of aryl methyl sites for hydroxylation is 2. The Morgan fingerprint density at radius 1 is 1.15 bits per heavy atom. The van der Waals surface area contributed by atoms with Crippen LogP contribution in [0.5, 0.6) is 0 Å². The van der Waals surface area contributed by atoms with Crippen LogP contribution >= 0.6 is 0 Å². The van der Waals surface area contributed by atoms with E-state index in [0.717, 1.165) is 37.1 Å². The fourth-order valence-electron chi connectivity index (χ4n) is 3.58. The van der Waals surface area contributed by atoms with Gasteiger partial charge in [-0.15, -0.1) is 5.10 Å². The molecule has 0 spiro atoms. The molecule has 1 aliphatic carbocycles. The molecule has 0 saturated heterocycles. The van der Waals surface area contributed by atoms with E-state index in [2.05, 4.69) is 20.5 Å². The molecule has 26 heavy (non-hydrogen) atoms. The molecule has 0 aromatic carbocycles. The highest BCUT2D eigenvalue weighted by Gasteiger charge is 2.25. The number of anilines is 1. The van der Waals surface area contributed by atoms with Gasteiger partial charge in [-0.2, -0.15) is 5.10 Å². The smallest absolute Gasteiger partial charge is 0.294 e. The molecule has 3 aromatic heterocycles. The molecule has 0 unspecified atom stereocenters. The van der Waals surface area contributed by atoms with Crippen molar-refractivity contribution in [1.29, 1.82) is 0 Å². The molecule has 1 saturated carbocycles. The van der Waals surface area contributed by atoms with Crippen LogP contribution < -0.4 is 10.9 Å². The number of hydrogen-bond acceptors (Lipinski definition) is 6. The first-order valence-electron chi connectivity index (χ1n) is 8.90. The lowest BCUT2D eigenvalue weighted by atomic mass is 9.91. The molecule has 136 valence electrons. The number of nitrogens with zero attached hydrogens (tertiary/aromatic N) is 5. The van der Waals surface area contributed by atoms with E-state index in [1.165, 1.54) is 0 Å². The Kier molecular flexibility index (Phi) is 4.32. The highest BCUT2D eigenvalue weighted by molar-refractivity contribution is 5.24. The molecule has 8 nitrogen and oxygen atoms in total. The Morgan fingerprint density at radius 2 is 1.96 bits per heavy atom. The summed E-state index contributed by atoms with van der Waals surface area (Å²) in [5, 5.41) is 12.4. The van der Waals surface area contributed by atoms with Gasteiger partial charge < -0.3 is 9.73 Å². The second-order valence-electron chi connectivity index (χ2n) is 6.80. The molecule has 4 rings (SSSR count). The zero-order valence-electron chi connectivity index (χ0n) is 14.9. The molecule has 3 heterocycles. The topological polar surface area (TPSA) is 90.8 Å². The first-order valence-corrected chi connectivity index (χ1v) is 8.90. The minimum absolute atomic E-state index is 0.0700. The summed E-state index contributed by atoms with van der Waals surface area (Å²) >= 11 is 0. The lowest BCUT2D eigenvalue weighted by Crippen LogP contribution is -2.33. The van der Waals surface area contributed by atoms with Gasteiger partial charge >= 0.3 is 0 Å². The third-order valence-electron chi connectivity index (χ3n) is 4.84. The predicted octanol–water partition coefficient (Wildman–Crippen LogP) is 2.63. The van der Waals surface area contributed by atoms with Gasteiger partial charge in [-0.3, -0.25) is 4.79 Å². The van der Waals surface area contributed by atoms with Crippen LogP contribution in [0.4, 0.5) is 6.01 Å². The van der Waals surface area contributed by atoms with Gasteiger partial charge in [0.05, 0.1) is 17.9 Å². The van der Waals surface area contributed by atoms with E-state index in [1.807, 2.05) is 19.9 Å². The Hall–Kier alpha value is -2.90. The molecule has 0 radical (unpaired) electrons. The van der Waals surface area contributed by atoms with Crippen molar-refractivity contribution in [1.82, 2.24) is 24.5 Å². The molecular weight excluding hydrogens is 332 g/mol. The van der Waals surface area contributed by atoms with Crippen LogP contribution in [-0.2, 0) is 0 Å². The Morgan fingerprint density at radius 3 is 2.62 bits per heavy atom. The van der Waals surface area contributed by atoms with Crippen molar-refractivity contribution < 1.29 is 4.42 Å². The van der Waals surface area contributed by atoms with Gasteiger partial charge in [0.2, 0.25) is 0 Å². The van der Waals surface area contributed by atoms with E-state index < -0.39 is 0 Å². The summed E-state index contributed by atoms with van der Waals surface area (Å²) in [6.45, 7) is 3.93. The van der Waals surface area contributed by atoms with Crippen LogP contribution in [0.1, 0.15) is 43.1 Å². The van der Waals surface area contributed by atoms with Crippen LogP contribution in [0.15, 0.2) is 39.9 Å². The maximum Gasteiger partial charge on any atom is 0.294 e. The lowest BCUT2D eigenvalue weighted by Gasteiger charge is -2.29. The third kappa shape index (κ3) is 3.26. The highest BCUT2D eigenvalue weighted by atomic mass is 16.4. The minimum Gasteiger partial charge on any atom is -0.432 e. The monoisotopic (exact) mass is 354 g/mol. The molecular formula is C18H22N6O2. The van der Waals surface area contributed by atoms with E-state index in [9.17, 15) is 4.79 Å². The summed E-state index contributed by atoms with van der Waals surface area (Å²) in [5.74, 6) is 0.676. The van der Waals surface area contributed by atoms with Crippen molar-refractivity contribution >= 4 is 6.01 Å². The van der Waals surface area contributed by atoms with Crippen LogP contribution in [-0.4, -0.2) is 30.6 Å². The number of nitrogens with one attached hydrogen (secondary N) is 1. The normalized spacial score (nSPS) is 20.2. The number of aromatic nitrogens is 5. The van der Waals surface area contributed by atoms with Crippen molar-refractivity contribution in [3.05, 3.63) is 52.4 Å². The van der Waals surface area contributed by atoms with Crippen LogP contribution in [0.3, 0.4) is 0 Å². The van der Waals surface area contributed by atoms with E-state index in [-0.39, 0.29) is 11.6 Å². The van der Waals surface area contributed by atoms with E-state index in [4.69, 9.17) is 4.42 Å². The SMILES string of the molecule is Cc1cc(C)n(-c2ccc(=O)n(C3CCC(Nc4ncco4)CC3)n2)n1. The maximum atomic E-state index is 12.4. The molecule has 1 aliphatic rings. The van der Waals surface area contributed by atoms with Crippen LogP contribution in [0.25, 0.3) is 5.82 Å². The van der Waals surface area contributed by atoms with Gasteiger partial charge in [-0.05, 0) is 51.7 Å². The molecule has 0 amide bonds. The summed E-state index contributed by atoms with van der Waals surface area (Å²) in [7, 11) is 0. The molecule has 0 atom stereocenters. The number of rotatable bonds is 4. The summed E-state index contributed by atoms with van der Waals surface area (Å²) in [6.07, 6.45) is 6.82. The van der Waals surface area contributed by atoms with Gasteiger partial charge in [0.1, 0.15) is 6.26 Å². The van der Waals surface area contributed by atoms with Crippen molar-refractivity contribution in [3.63, 3.8) is 0 Å². The van der Waals surface area contributed by atoms with Crippen molar-refractivity contribution in [2.45, 2.75) is 51.6 Å². The average molecular weight is 354 g/mol. The first-order chi connectivity index (χ1) is 12.6. The van der Waals surface area contributed by atoms with Gasteiger partial charge in [0, 0.05) is 17.8 Å². The fraction of sp³-hybridized carbons (Fsp3) is 0.444. The summed E-state index contributed by atoms with van der Waals surface area (Å²) in [6, 6.07) is 6.26. The van der Waals surface area contributed by atoms with Crippen molar-refractivity contribution in [3.8, 4) is 5.82 Å². The number of hydrogen-bond donors (Lipinski definition) is 1. The number of oxazole rings is 1. The standard InChI is InChI=1S/C18H22N6O2/c1-12-11-13(2)23(21-12)16-7-8-17(25)24(22-16)15-5-3-14(4-6-15)20-18-19-9-10-26-18/h7-11,14-15H,3-6H2,1-2H3,(H,19,20). The van der Waals surface area contributed by atoms with Crippen molar-refractivity contribution in [2.24, 2.45) is 0 Å². The molecule has 3 aromatic rings. The zero-order chi connectivity index (χ0) is 18.1. The second kappa shape index (κ2) is 6.78. The summed E-state index contributed by atoms with van der Waals surface area (Å²) in [4.78, 5) is 16.5. The quantitative estimate of drug-likeness (QED) is 0.774. The molecule has 8 heteroatoms. The Bertz CT molecular complexity index is 935. The predicted molar refractivity (Wildman–Crippen MR) is 96.5 cm³/mol. The van der Waals surface area contributed by atoms with E-state index in [0.29, 0.717) is 17.9 Å². The van der Waals surface area contributed by atoms with E-state index >= 15 is 0 Å².